The summed E-state index contributed by atoms with van der Waals surface area (Å²) in [6.45, 7) is 2.58. The molecular formula is C24H25ClO2. The summed E-state index contributed by atoms with van der Waals surface area (Å²) in [5.74, 6) is 1.13. The third kappa shape index (κ3) is 4.18. The number of benzene rings is 3. The van der Waals surface area contributed by atoms with E-state index in [1.54, 1.807) is 0 Å². The summed E-state index contributed by atoms with van der Waals surface area (Å²) in [4.78, 5) is 0. The van der Waals surface area contributed by atoms with E-state index in [0.29, 0.717) is 12.5 Å². The van der Waals surface area contributed by atoms with Crippen molar-refractivity contribution in [2.45, 2.75) is 24.9 Å². The van der Waals surface area contributed by atoms with Crippen LogP contribution in [0.4, 0.5) is 0 Å². The van der Waals surface area contributed by atoms with Gasteiger partial charge in [-0.25, -0.2) is 0 Å². The third-order valence-corrected chi connectivity index (χ3v) is 5.12. The summed E-state index contributed by atoms with van der Waals surface area (Å²) in [5, 5.41) is 12.1. The molecule has 1 N–H and O–H groups in total. The van der Waals surface area contributed by atoms with E-state index in [1.807, 2.05) is 72.8 Å². The zero-order chi connectivity index (χ0) is 19.1. The quantitative estimate of drug-likeness (QED) is 0.505. The van der Waals surface area contributed by atoms with Crippen LogP contribution in [0.1, 0.15) is 36.0 Å². The molecule has 0 bridgehead atoms. The van der Waals surface area contributed by atoms with Crippen LogP contribution in [0.25, 0.3) is 0 Å². The first kappa shape index (κ1) is 19.5. The van der Waals surface area contributed by atoms with Crippen LogP contribution in [0.15, 0.2) is 84.9 Å². The lowest BCUT2D eigenvalue weighted by Crippen LogP contribution is -2.34. The van der Waals surface area contributed by atoms with Gasteiger partial charge in [0.1, 0.15) is 18.0 Å². The van der Waals surface area contributed by atoms with Gasteiger partial charge >= 0.3 is 0 Å². The minimum atomic E-state index is -1.14. The Labute approximate surface area is 166 Å². The number of ether oxygens (including phenoxy) is 1. The Morgan fingerprint density at radius 3 is 1.96 bits per heavy atom. The van der Waals surface area contributed by atoms with Gasteiger partial charge in [0.25, 0.3) is 0 Å². The van der Waals surface area contributed by atoms with Crippen molar-refractivity contribution in [3.8, 4) is 5.75 Å². The molecule has 2 unspecified atom stereocenters. The Balaban J connectivity index is 2.08. The molecule has 0 saturated carbocycles. The number of hydrogen-bond donors (Lipinski definition) is 1. The monoisotopic (exact) mass is 380 g/mol. The minimum Gasteiger partial charge on any atom is -0.492 e. The molecule has 3 heteroatoms. The molecule has 3 aromatic rings. The number of aliphatic hydroxyl groups is 1. The normalized spacial score (nSPS) is 14.3. The average molecular weight is 381 g/mol. The molecule has 2 atom stereocenters. The molecule has 3 aromatic carbocycles. The van der Waals surface area contributed by atoms with Gasteiger partial charge in [0.05, 0.1) is 5.88 Å². The predicted octanol–water partition coefficient (Wildman–Crippen LogP) is 5.73. The molecule has 27 heavy (non-hydrogen) atoms. The maximum absolute atomic E-state index is 12.1. The number of rotatable bonds is 8. The molecule has 0 radical (unpaired) electrons. The summed E-state index contributed by atoms with van der Waals surface area (Å²) in [5.41, 5.74) is 1.72. The molecule has 0 spiro atoms. The van der Waals surface area contributed by atoms with Crippen LogP contribution in [0, 0.1) is 0 Å². The van der Waals surface area contributed by atoms with E-state index in [9.17, 15) is 5.11 Å². The number of halogens is 1. The Morgan fingerprint density at radius 1 is 0.852 bits per heavy atom. The fraction of sp³-hybridized carbons (Fsp3) is 0.250. The molecule has 0 saturated heterocycles. The zero-order valence-corrected chi connectivity index (χ0v) is 16.3. The Morgan fingerprint density at radius 2 is 1.41 bits per heavy atom. The van der Waals surface area contributed by atoms with Gasteiger partial charge in [0.15, 0.2) is 0 Å². The number of hydrogen-bond acceptors (Lipinski definition) is 2. The molecule has 0 aliphatic carbocycles. The topological polar surface area (TPSA) is 29.5 Å². The molecule has 140 valence electrons. The molecule has 0 fully saturated rings. The molecule has 0 amide bonds. The molecule has 2 nitrogen and oxygen atoms in total. The SMILES string of the molecule is CCC(c1ccccc1)C(O)(c1ccccc1)c1ccc(OCCCl)cc1. The molecule has 0 aliphatic heterocycles. The third-order valence-electron chi connectivity index (χ3n) is 4.97. The van der Waals surface area contributed by atoms with E-state index >= 15 is 0 Å². The van der Waals surface area contributed by atoms with Crippen molar-refractivity contribution in [2.75, 3.05) is 12.5 Å². The largest absolute Gasteiger partial charge is 0.492 e. The van der Waals surface area contributed by atoms with Crippen LogP contribution in [0.5, 0.6) is 5.75 Å². The fourth-order valence-electron chi connectivity index (χ4n) is 3.68. The fourth-order valence-corrected chi connectivity index (χ4v) is 3.76. The van der Waals surface area contributed by atoms with Crippen molar-refractivity contribution in [1.29, 1.82) is 0 Å². The zero-order valence-electron chi connectivity index (χ0n) is 15.5. The second-order valence-electron chi connectivity index (χ2n) is 6.57. The second-order valence-corrected chi connectivity index (χ2v) is 6.94. The van der Waals surface area contributed by atoms with Crippen LogP contribution in [-0.4, -0.2) is 17.6 Å². The lowest BCUT2D eigenvalue weighted by atomic mass is 9.72. The van der Waals surface area contributed by atoms with E-state index < -0.39 is 5.60 Å². The highest BCUT2D eigenvalue weighted by molar-refractivity contribution is 6.18. The van der Waals surface area contributed by atoms with Gasteiger partial charge in [-0.1, -0.05) is 79.7 Å². The van der Waals surface area contributed by atoms with Crippen LogP contribution in [-0.2, 0) is 5.60 Å². The van der Waals surface area contributed by atoms with Gasteiger partial charge in [-0.2, -0.15) is 0 Å². The predicted molar refractivity (Wildman–Crippen MR) is 112 cm³/mol. The summed E-state index contributed by atoms with van der Waals surface area (Å²) >= 11 is 5.70. The van der Waals surface area contributed by atoms with Crippen LogP contribution in [0.2, 0.25) is 0 Å². The Bertz CT molecular complexity index is 818. The Hall–Kier alpha value is -2.29. The average Bonchev–Trinajstić information content (AvgIpc) is 2.74. The second kappa shape index (κ2) is 9.07. The molecule has 0 aliphatic rings. The van der Waals surface area contributed by atoms with Crippen LogP contribution >= 0.6 is 11.6 Å². The maximum atomic E-state index is 12.1. The van der Waals surface area contributed by atoms with E-state index in [4.69, 9.17) is 16.3 Å². The van der Waals surface area contributed by atoms with Gasteiger partial charge in [0.2, 0.25) is 0 Å². The van der Waals surface area contributed by atoms with E-state index in [0.717, 1.165) is 28.9 Å². The molecule has 0 heterocycles. The first-order valence-electron chi connectivity index (χ1n) is 9.32. The first-order valence-corrected chi connectivity index (χ1v) is 9.85. The number of alkyl halides is 1. The van der Waals surface area contributed by atoms with Crippen LogP contribution < -0.4 is 4.74 Å². The maximum Gasteiger partial charge on any atom is 0.121 e. The van der Waals surface area contributed by atoms with Gasteiger partial charge in [0, 0.05) is 5.92 Å². The van der Waals surface area contributed by atoms with Gasteiger partial charge in [-0.05, 0) is 35.2 Å². The van der Waals surface area contributed by atoms with Gasteiger partial charge in [-0.3, -0.25) is 0 Å². The van der Waals surface area contributed by atoms with E-state index in [-0.39, 0.29) is 5.92 Å². The van der Waals surface area contributed by atoms with Crippen molar-refractivity contribution in [2.24, 2.45) is 0 Å². The van der Waals surface area contributed by atoms with Crippen molar-refractivity contribution in [3.63, 3.8) is 0 Å². The van der Waals surface area contributed by atoms with Gasteiger partial charge in [-0.15, -0.1) is 11.6 Å². The highest BCUT2D eigenvalue weighted by atomic mass is 35.5. The molecule has 3 rings (SSSR count). The van der Waals surface area contributed by atoms with Gasteiger partial charge < -0.3 is 9.84 Å². The Kier molecular flexibility index (Phi) is 6.54. The summed E-state index contributed by atoms with van der Waals surface area (Å²) < 4.78 is 5.59. The lowest BCUT2D eigenvalue weighted by molar-refractivity contribution is 0.0476. The summed E-state index contributed by atoms with van der Waals surface area (Å²) in [6.07, 6.45) is 0.805. The van der Waals surface area contributed by atoms with Crippen molar-refractivity contribution in [3.05, 3.63) is 102 Å². The molecular weight excluding hydrogens is 356 g/mol. The lowest BCUT2D eigenvalue weighted by Gasteiger charge is -2.37. The van der Waals surface area contributed by atoms with E-state index in [2.05, 4.69) is 19.1 Å². The highest BCUT2D eigenvalue weighted by Crippen LogP contribution is 2.44. The van der Waals surface area contributed by atoms with Crippen molar-refractivity contribution in [1.82, 2.24) is 0 Å². The smallest absolute Gasteiger partial charge is 0.121 e. The minimum absolute atomic E-state index is 0.0734. The van der Waals surface area contributed by atoms with E-state index in [1.165, 1.54) is 0 Å². The summed E-state index contributed by atoms with van der Waals surface area (Å²) in [7, 11) is 0. The highest BCUT2D eigenvalue weighted by Gasteiger charge is 2.40. The first-order chi connectivity index (χ1) is 13.2. The molecule has 0 aromatic heterocycles. The summed E-state index contributed by atoms with van der Waals surface area (Å²) in [6, 6.07) is 27.8. The van der Waals surface area contributed by atoms with Crippen molar-refractivity contribution < 1.29 is 9.84 Å². The standard InChI is InChI=1S/C24H25ClO2/c1-2-23(19-9-5-3-6-10-19)24(26,20-11-7-4-8-12-20)21-13-15-22(16-14-21)27-18-17-25/h3-16,23,26H,2,17-18H2,1H3. The van der Waals surface area contributed by atoms with Crippen LogP contribution in [0.3, 0.4) is 0 Å². The van der Waals surface area contributed by atoms with Crippen molar-refractivity contribution >= 4 is 11.6 Å².